The first-order valence-electron chi connectivity index (χ1n) is 4.95. The molecule has 0 amide bonds. The second kappa shape index (κ2) is 3.02. The van der Waals surface area contributed by atoms with Crippen molar-refractivity contribution in [1.82, 2.24) is 0 Å². The third kappa shape index (κ3) is 1.53. The Balaban J connectivity index is 2.54. The van der Waals surface area contributed by atoms with Gasteiger partial charge in [0.25, 0.3) is 0 Å². The van der Waals surface area contributed by atoms with Crippen LogP contribution in [0.2, 0.25) is 0 Å². The summed E-state index contributed by atoms with van der Waals surface area (Å²) in [5.41, 5.74) is 5.77. The van der Waals surface area contributed by atoms with Gasteiger partial charge in [-0.25, -0.2) is 0 Å². The molecule has 1 unspecified atom stereocenters. The maximum Gasteiger partial charge on any atom is -0.0195 e. The van der Waals surface area contributed by atoms with Crippen molar-refractivity contribution in [1.29, 1.82) is 0 Å². The molecule has 1 atom stereocenters. The Bertz CT molecular complexity index is 358. The zero-order valence-electron chi connectivity index (χ0n) is 8.59. The fourth-order valence-corrected chi connectivity index (χ4v) is 2.16. The van der Waals surface area contributed by atoms with E-state index in [2.05, 4.69) is 45.0 Å². The molecule has 0 heterocycles. The van der Waals surface area contributed by atoms with Crippen LogP contribution in [0.4, 0.5) is 0 Å². The number of hydrogen-bond donors (Lipinski definition) is 0. The van der Waals surface area contributed by atoms with E-state index in [-0.39, 0.29) is 0 Å². The molecule has 0 saturated heterocycles. The van der Waals surface area contributed by atoms with E-state index in [9.17, 15) is 0 Å². The van der Waals surface area contributed by atoms with Crippen LogP contribution in [0.5, 0.6) is 0 Å². The van der Waals surface area contributed by atoms with Crippen molar-refractivity contribution in [3.8, 4) is 0 Å². The van der Waals surface area contributed by atoms with E-state index in [4.69, 9.17) is 0 Å². The smallest absolute Gasteiger partial charge is 0.0195 e. The lowest BCUT2D eigenvalue weighted by molar-refractivity contribution is 0.712. The van der Waals surface area contributed by atoms with Crippen LogP contribution >= 0.6 is 0 Å². The normalized spacial score (nSPS) is 20.8. The molecule has 1 aromatic carbocycles. The zero-order valence-corrected chi connectivity index (χ0v) is 8.59. The molecular weight excluding hydrogens is 156 g/mol. The van der Waals surface area contributed by atoms with Crippen LogP contribution in [-0.2, 0) is 6.42 Å². The molecule has 1 aliphatic rings. The first-order chi connectivity index (χ1) is 6.16. The highest BCUT2D eigenvalue weighted by molar-refractivity contribution is 5.69. The summed E-state index contributed by atoms with van der Waals surface area (Å²) >= 11 is 0. The van der Waals surface area contributed by atoms with Gasteiger partial charge in [-0.3, -0.25) is 0 Å². The van der Waals surface area contributed by atoms with E-state index >= 15 is 0 Å². The number of fused-ring (bicyclic) bond motifs is 1. The summed E-state index contributed by atoms with van der Waals surface area (Å²) in [4.78, 5) is 0. The topological polar surface area (TPSA) is 0 Å². The molecule has 0 saturated carbocycles. The first kappa shape index (κ1) is 8.55. The van der Waals surface area contributed by atoms with Gasteiger partial charge in [-0.1, -0.05) is 36.8 Å². The van der Waals surface area contributed by atoms with E-state index in [1.54, 1.807) is 0 Å². The standard InChI is InChI=1S/C13H16/c1-9-4-5-12-7-10(2)6-11(3)13(12)8-9/h4-6,8,10H,7H2,1-3H3. The third-order valence-electron chi connectivity index (χ3n) is 2.77. The van der Waals surface area contributed by atoms with Crippen molar-refractivity contribution in [2.24, 2.45) is 5.92 Å². The van der Waals surface area contributed by atoms with Crippen LogP contribution in [0.3, 0.4) is 0 Å². The molecule has 1 aromatic rings. The summed E-state index contributed by atoms with van der Waals surface area (Å²) in [6, 6.07) is 6.79. The van der Waals surface area contributed by atoms with Gasteiger partial charge < -0.3 is 0 Å². The van der Waals surface area contributed by atoms with Gasteiger partial charge in [-0.05, 0) is 42.9 Å². The highest BCUT2D eigenvalue weighted by Crippen LogP contribution is 2.29. The van der Waals surface area contributed by atoms with E-state index in [0.29, 0.717) is 5.92 Å². The molecule has 0 N–H and O–H groups in total. The second-order valence-corrected chi connectivity index (χ2v) is 4.19. The summed E-state index contributed by atoms with van der Waals surface area (Å²) in [6.45, 7) is 6.66. The van der Waals surface area contributed by atoms with E-state index in [1.807, 2.05) is 0 Å². The first-order valence-corrected chi connectivity index (χ1v) is 4.95. The molecule has 0 fully saturated rings. The molecule has 0 nitrogen and oxygen atoms in total. The molecule has 68 valence electrons. The molecular formula is C13H16. The minimum atomic E-state index is 0.704. The Hall–Kier alpha value is -1.04. The van der Waals surface area contributed by atoms with Gasteiger partial charge in [0.05, 0.1) is 0 Å². The Morgan fingerprint density at radius 2 is 2.00 bits per heavy atom. The summed E-state index contributed by atoms with van der Waals surface area (Å²) in [7, 11) is 0. The predicted octanol–water partition coefficient (Wildman–Crippen LogP) is 3.59. The van der Waals surface area contributed by atoms with Gasteiger partial charge in [0.1, 0.15) is 0 Å². The van der Waals surface area contributed by atoms with Gasteiger partial charge in [-0.15, -0.1) is 0 Å². The van der Waals surface area contributed by atoms with Gasteiger partial charge in [-0.2, -0.15) is 0 Å². The predicted molar refractivity (Wildman–Crippen MR) is 57.7 cm³/mol. The van der Waals surface area contributed by atoms with Gasteiger partial charge in [0, 0.05) is 0 Å². The average Bonchev–Trinajstić information content (AvgIpc) is 2.06. The number of rotatable bonds is 0. The molecule has 0 bridgehead atoms. The number of benzene rings is 1. The Labute approximate surface area is 80.3 Å². The highest BCUT2D eigenvalue weighted by Gasteiger charge is 2.13. The number of hydrogen-bond acceptors (Lipinski definition) is 0. The summed E-state index contributed by atoms with van der Waals surface area (Å²) in [6.07, 6.45) is 3.58. The van der Waals surface area contributed by atoms with E-state index in [0.717, 1.165) is 0 Å². The van der Waals surface area contributed by atoms with Crippen LogP contribution in [0.15, 0.2) is 24.3 Å². The van der Waals surface area contributed by atoms with E-state index < -0.39 is 0 Å². The van der Waals surface area contributed by atoms with Gasteiger partial charge >= 0.3 is 0 Å². The maximum atomic E-state index is 2.38. The lowest BCUT2D eigenvalue weighted by atomic mass is 9.85. The molecule has 0 aliphatic heterocycles. The molecule has 0 radical (unpaired) electrons. The fraction of sp³-hybridized carbons (Fsp3) is 0.385. The molecule has 13 heavy (non-hydrogen) atoms. The quantitative estimate of drug-likeness (QED) is 0.561. The lowest BCUT2D eigenvalue weighted by Crippen LogP contribution is -2.06. The Morgan fingerprint density at radius 3 is 2.77 bits per heavy atom. The minimum Gasteiger partial charge on any atom is -0.0778 e. The molecule has 2 rings (SSSR count). The molecule has 0 aromatic heterocycles. The Kier molecular flexibility index (Phi) is 1.99. The minimum absolute atomic E-state index is 0.704. The average molecular weight is 172 g/mol. The maximum absolute atomic E-state index is 2.38. The molecule has 0 heteroatoms. The SMILES string of the molecule is CC1=CC(C)Cc2ccc(C)cc21. The monoisotopic (exact) mass is 172 g/mol. The zero-order chi connectivity index (χ0) is 9.42. The lowest BCUT2D eigenvalue weighted by Gasteiger charge is -2.20. The molecule has 1 aliphatic carbocycles. The molecule has 0 spiro atoms. The third-order valence-corrected chi connectivity index (χ3v) is 2.77. The second-order valence-electron chi connectivity index (χ2n) is 4.19. The van der Waals surface area contributed by atoms with Crippen molar-refractivity contribution in [3.63, 3.8) is 0 Å². The van der Waals surface area contributed by atoms with Crippen LogP contribution in [-0.4, -0.2) is 0 Å². The van der Waals surface area contributed by atoms with Crippen molar-refractivity contribution in [3.05, 3.63) is 41.0 Å². The van der Waals surface area contributed by atoms with Crippen molar-refractivity contribution in [2.45, 2.75) is 27.2 Å². The van der Waals surface area contributed by atoms with Gasteiger partial charge in [0.15, 0.2) is 0 Å². The van der Waals surface area contributed by atoms with Crippen LogP contribution in [0.1, 0.15) is 30.5 Å². The van der Waals surface area contributed by atoms with E-state index in [1.165, 1.54) is 28.7 Å². The van der Waals surface area contributed by atoms with Gasteiger partial charge in [0.2, 0.25) is 0 Å². The Morgan fingerprint density at radius 1 is 1.23 bits per heavy atom. The highest BCUT2D eigenvalue weighted by atomic mass is 14.2. The largest absolute Gasteiger partial charge is 0.0778 e. The fourth-order valence-electron chi connectivity index (χ4n) is 2.16. The number of aryl methyl sites for hydroxylation is 1. The van der Waals surface area contributed by atoms with Crippen LogP contribution < -0.4 is 0 Å². The summed E-state index contributed by atoms with van der Waals surface area (Å²) in [5, 5.41) is 0. The van der Waals surface area contributed by atoms with Crippen molar-refractivity contribution >= 4 is 5.57 Å². The van der Waals surface area contributed by atoms with Crippen molar-refractivity contribution in [2.75, 3.05) is 0 Å². The van der Waals surface area contributed by atoms with Crippen molar-refractivity contribution < 1.29 is 0 Å². The van der Waals surface area contributed by atoms with Crippen LogP contribution in [0.25, 0.3) is 5.57 Å². The van der Waals surface area contributed by atoms with Crippen LogP contribution in [0, 0.1) is 12.8 Å². The summed E-state index contributed by atoms with van der Waals surface area (Å²) in [5.74, 6) is 0.704. The summed E-state index contributed by atoms with van der Waals surface area (Å²) < 4.78 is 0. The number of allylic oxidation sites excluding steroid dienone is 2.